The first-order valence-corrected chi connectivity index (χ1v) is 8.94. The maximum atomic E-state index is 12.7. The van der Waals surface area contributed by atoms with E-state index in [0.717, 1.165) is 10.2 Å². The quantitative estimate of drug-likeness (QED) is 0.660. The average molecular weight is 401 g/mol. The predicted molar refractivity (Wildman–Crippen MR) is 98.8 cm³/mol. The molecule has 25 heavy (non-hydrogen) atoms. The molecule has 7 heteroatoms. The van der Waals surface area contributed by atoms with E-state index in [-0.39, 0.29) is 5.91 Å². The number of carbonyl (C=O) groups is 1. The number of oxazole rings is 1. The summed E-state index contributed by atoms with van der Waals surface area (Å²) in [5, 5.41) is 0. The Hall–Kier alpha value is -2.41. The summed E-state index contributed by atoms with van der Waals surface area (Å²) in [6.45, 7) is 4.56. The molecular formula is C18H17BrN4O2. The largest absolute Gasteiger partial charge is 0.422 e. The van der Waals surface area contributed by atoms with E-state index in [0.29, 0.717) is 49.0 Å². The topological polar surface area (TPSA) is 62.5 Å². The highest BCUT2D eigenvalue weighted by molar-refractivity contribution is 9.10. The zero-order valence-corrected chi connectivity index (χ0v) is 15.4. The molecule has 128 valence electrons. The highest BCUT2D eigenvalue weighted by Crippen LogP contribution is 2.23. The van der Waals surface area contributed by atoms with Crippen LogP contribution in [0, 0.1) is 6.92 Å². The van der Waals surface area contributed by atoms with E-state index in [9.17, 15) is 4.79 Å². The van der Waals surface area contributed by atoms with Gasteiger partial charge in [-0.1, -0.05) is 12.1 Å². The van der Waals surface area contributed by atoms with Crippen molar-refractivity contribution in [1.29, 1.82) is 0 Å². The summed E-state index contributed by atoms with van der Waals surface area (Å²) in [5.74, 6) is 0.0435. The Balaban J connectivity index is 1.47. The fraction of sp³-hybridized carbons (Fsp3) is 0.278. The van der Waals surface area contributed by atoms with Crippen LogP contribution in [0.1, 0.15) is 16.1 Å². The fourth-order valence-electron chi connectivity index (χ4n) is 2.94. The van der Waals surface area contributed by atoms with Crippen molar-refractivity contribution in [3.8, 4) is 0 Å². The second-order valence-electron chi connectivity index (χ2n) is 6.03. The predicted octanol–water partition coefficient (Wildman–Crippen LogP) is 3.26. The SMILES string of the molecule is Cc1ccc2oc(N3CCN(C(=O)c4ccccc4Br)CC3)nc2n1. The van der Waals surface area contributed by atoms with Crippen molar-refractivity contribution < 1.29 is 9.21 Å². The molecule has 4 rings (SSSR count). The van der Waals surface area contributed by atoms with Gasteiger partial charge < -0.3 is 14.2 Å². The van der Waals surface area contributed by atoms with Gasteiger partial charge >= 0.3 is 0 Å². The number of hydrogen-bond acceptors (Lipinski definition) is 5. The number of pyridine rings is 1. The molecule has 1 saturated heterocycles. The van der Waals surface area contributed by atoms with E-state index in [4.69, 9.17) is 4.42 Å². The van der Waals surface area contributed by atoms with Crippen molar-refractivity contribution in [3.05, 3.63) is 52.1 Å². The minimum atomic E-state index is 0.0435. The molecule has 0 spiro atoms. The third-order valence-corrected chi connectivity index (χ3v) is 5.01. The Morgan fingerprint density at radius 1 is 1.08 bits per heavy atom. The van der Waals surface area contributed by atoms with E-state index in [1.807, 2.05) is 48.2 Å². The molecule has 0 unspecified atom stereocenters. The molecule has 2 aromatic heterocycles. The van der Waals surface area contributed by atoms with Crippen LogP contribution in [0.2, 0.25) is 0 Å². The van der Waals surface area contributed by atoms with Crippen LogP contribution < -0.4 is 4.90 Å². The van der Waals surface area contributed by atoms with Gasteiger partial charge in [0.05, 0.1) is 5.56 Å². The van der Waals surface area contributed by atoms with Crippen LogP contribution >= 0.6 is 15.9 Å². The molecular weight excluding hydrogens is 384 g/mol. The molecule has 0 bridgehead atoms. The normalized spacial score (nSPS) is 15.0. The van der Waals surface area contributed by atoms with Gasteiger partial charge in [-0.15, -0.1) is 0 Å². The standard InChI is InChI=1S/C18H17BrN4O2/c1-12-6-7-15-16(20-12)21-18(25-15)23-10-8-22(9-11-23)17(24)13-4-2-3-5-14(13)19/h2-7H,8-11H2,1H3. The molecule has 1 amide bonds. The van der Waals surface area contributed by atoms with Gasteiger partial charge in [-0.05, 0) is 47.1 Å². The summed E-state index contributed by atoms with van der Waals surface area (Å²) in [5.41, 5.74) is 2.92. The number of carbonyl (C=O) groups excluding carboxylic acids is 1. The van der Waals surface area contributed by atoms with Crippen molar-refractivity contribution >= 4 is 39.1 Å². The van der Waals surface area contributed by atoms with Crippen molar-refractivity contribution in [2.75, 3.05) is 31.1 Å². The molecule has 0 atom stereocenters. The average Bonchev–Trinajstić information content (AvgIpc) is 3.05. The number of aromatic nitrogens is 2. The second kappa shape index (κ2) is 6.48. The maximum Gasteiger partial charge on any atom is 0.300 e. The lowest BCUT2D eigenvalue weighted by Gasteiger charge is -2.34. The van der Waals surface area contributed by atoms with Crippen LogP contribution in [0.5, 0.6) is 0 Å². The molecule has 0 aliphatic carbocycles. The van der Waals surface area contributed by atoms with Crippen LogP contribution in [0.3, 0.4) is 0 Å². The first kappa shape index (κ1) is 16.1. The van der Waals surface area contributed by atoms with Gasteiger partial charge in [-0.25, -0.2) is 4.98 Å². The van der Waals surface area contributed by atoms with Crippen LogP contribution in [0.25, 0.3) is 11.2 Å². The van der Waals surface area contributed by atoms with E-state index in [1.54, 1.807) is 0 Å². The van der Waals surface area contributed by atoms with Gasteiger partial charge in [0, 0.05) is 36.3 Å². The lowest BCUT2D eigenvalue weighted by molar-refractivity contribution is 0.0744. The molecule has 3 heterocycles. The van der Waals surface area contributed by atoms with Gasteiger partial charge in [0.15, 0.2) is 5.58 Å². The summed E-state index contributed by atoms with van der Waals surface area (Å²) in [6.07, 6.45) is 0. The monoisotopic (exact) mass is 400 g/mol. The lowest BCUT2D eigenvalue weighted by atomic mass is 10.2. The van der Waals surface area contributed by atoms with Crippen LogP contribution in [0.4, 0.5) is 6.01 Å². The van der Waals surface area contributed by atoms with E-state index >= 15 is 0 Å². The third-order valence-electron chi connectivity index (χ3n) is 4.32. The number of rotatable bonds is 2. The Morgan fingerprint density at radius 3 is 2.60 bits per heavy atom. The van der Waals surface area contributed by atoms with Crippen molar-refractivity contribution in [2.45, 2.75) is 6.92 Å². The summed E-state index contributed by atoms with van der Waals surface area (Å²) in [7, 11) is 0. The first-order valence-electron chi connectivity index (χ1n) is 8.15. The number of aryl methyl sites for hydroxylation is 1. The zero-order valence-electron chi connectivity index (χ0n) is 13.8. The summed E-state index contributed by atoms with van der Waals surface area (Å²) in [4.78, 5) is 25.4. The minimum absolute atomic E-state index is 0.0435. The molecule has 1 fully saturated rings. The number of hydrogen-bond donors (Lipinski definition) is 0. The van der Waals surface area contributed by atoms with Crippen molar-refractivity contribution in [1.82, 2.24) is 14.9 Å². The number of fused-ring (bicyclic) bond motifs is 1. The number of anilines is 1. The zero-order chi connectivity index (χ0) is 17.4. The minimum Gasteiger partial charge on any atom is -0.422 e. The van der Waals surface area contributed by atoms with Crippen LogP contribution in [-0.4, -0.2) is 47.0 Å². The van der Waals surface area contributed by atoms with Gasteiger partial charge in [-0.2, -0.15) is 4.98 Å². The van der Waals surface area contributed by atoms with E-state index < -0.39 is 0 Å². The van der Waals surface area contributed by atoms with Crippen LogP contribution in [0.15, 0.2) is 45.3 Å². The molecule has 1 aliphatic heterocycles. The summed E-state index contributed by atoms with van der Waals surface area (Å²) in [6, 6.07) is 11.9. The maximum absolute atomic E-state index is 12.7. The molecule has 0 saturated carbocycles. The Morgan fingerprint density at radius 2 is 1.84 bits per heavy atom. The Kier molecular flexibility index (Phi) is 4.17. The number of halogens is 1. The second-order valence-corrected chi connectivity index (χ2v) is 6.88. The summed E-state index contributed by atoms with van der Waals surface area (Å²) >= 11 is 3.45. The first-order chi connectivity index (χ1) is 12.1. The van der Waals surface area contributed by atoms with Crippen LogP contribution in [-0.2, 0) is 0 Å². The van der Waals surface area contributed by atoms with E-state index in [2.05, 4.69) is 30.8 Å². The number of amides is 1. The number of piperazine rings is 1. The highest BCUT2D eigenvalue weighted by atomic mass is 79.9. The molecule has 1 aliphatic rings. The number of nitrogens with zero attached hydrogens (tertiary/aromatic N) is 4. The molecule has 0 N–H and O–H groups in total. The summed E-state index contributed by atoms with van der Waals surface area (Å²) < 4.78 is 6.63. The lowest BCUT2D eigenvalue weighted by Crippen LogP contribution is -2.49. The Bertz CT molecular complexity index is 932. The van der Waals surface area contributed by atoms with Gasteiger partial charge in [-0.3, -0.25) is 4.79 Å². The van der Waals surface area contributed by atoms with E-state index in [1.165, 1.54) is 0 Å². The molecule has 0 radical (unpaired) electrons. The van der Waals surface area contributed by atoms with Gasteiger partial charge in [0.1, 0.15) is 0 Å². The molecule has 6 nitrogen and oxygen atoms in total. The molecule has 3 aromatic rings. The van der Waals surface area contributed by atoms with Gasteiger partial charge in [0.2, 0.25) is 5.65 Å². The fourth-order valence-corrected chi connectivity index (χ4v) is 3.40. The highest BCUT2D eigenvalue weighted by Gasteiger charge is 2.25. The Labute approximate surface area is 153 Å². The third kappa shape index (κ3) is 3.11. The van der Waals surface area contributed by atoms with Gasteiger partial charge in [0.25, 0.3) is 11.9 Å². The molecule has 1 aromatic carbocycles. The smallest absolute Gasteiger partial charge is 0.300 e. The van der Waals surface area contributed by atoms with Crippen molar-refractivity contribution in [3.63, 3.8) is 0 Å². The number of benzene rings is 1. The van der Waals surface area contributed by atoms with Crippen molar-refractivity contribution in [2.24, 2.45) is 0 Å².